The van der Waals surface area contributed by atoms with Crippen LogP contribution in [0.15, 0.2) is 24.3 Å². The number of phenolic OH excluding ortho intramolecular Hbond substituents is 1. The Kier molecular flexibility index (Phi) is 2.91. The van der Waals surface area contributed by atoms with Crippen LogP contribution in [0.2, 0.25) is 0 Å². The van der Waals surface area contributed by atoms with E-state index in [0.29, 0.717) is 12.1 Å². The fraction of sp³-hybridized carbons (Fsp3) is 0.308. The number of phenols is 1. The normalized spacial score (nSPS) is 17.8. The maximum absolute atomic E-state index is 12.2. The number of carbonyl (C=O) groups excluding carboxylic acids is 1. The molecule has 0 bridgehead atoms. The minimum atomic E-state index is -0.128. The SMILES string of the molecule is O=C(Nc1ccccc1O)C1CCc2n[nH]nc2C1. The third-order valence-electron chi connectivity index (χ3n) is 3.41. The summed E-state index contributed by atoms with van der Waals surface area (Å²) in [6.45, 7) is 0. The van der Waals surface area contributed by atoms with Gasteiger partial charge in [0.05, 0.1) is 17.1 Å². The average Bonchev–Trinajstić information content (AvgIpc) is 2.88. The Labute approximate surface area is 109 Å². The number of nitrogens with zero attached hydrogens (tertiary/aromatic N) is 2. The number of nitrogens with one attached hydrogen (secondary N) is 2. The van der Waals surface area contributed by atoms with Gasteiger partial charge >= 0.3 is 0 Å². The zero-order chi connectivity index (χ0) is 13.2. The Bertz CT molecular complexity index is 608. The Hall–Kier alpha value is -2.37. The number of aryl methyl sites for hydroxylation is 1. The molecule has 0 spiro atoms. The number of anilines is 1. The quantitative estimate of drug-likeness (QED) is 0.707. The van der Waals surface area contributed by atoms with Gasteiger partial charge in [-0.2, -0.15) is 15.4 Å². The first-order valence-corrected chi connectivity index (χ1v) is 6.21. The van der Waals surface area contributed by atoms with Crippen molar-refractivity contribution in [3.8, 4) is 5.75 Å². The first-order valence-electron chi connectivity index (χ1n) is 6.21. The van der Waals surface area contributed by atoms with Crippen molar-refractivity contribution in [1.29, 1.82) is 0 Å². The Morgan fingerprint density at radius 1 is 1.32 bits per heavy atom. The molecule has 1 unspecified atom stereocenters. The number of benzene rings is 1. The predicted molar refractivity (Wildman–Crippen MR) is 68.6 cm³/mol. The maximum Gasteiger partial charge on any atom is 0.227 e. The molecule has 0 saturated carbocycles. The highest BCUT2D eigenvalue weighted by Crippen LogP contribution is 2.26. The van der Waals surface area contributed by atoms with Crippen LogP contribution in [0, 0.1) is 5.92 Å². The Morgan fingerprint density at radius 2 is 2.11 bits per heavy atom. The summed E-state index contributed by atoms with van der Waals surface area (Å²) in [6.07, 6.45) is 2.09. The van der Waals surface area contributed by atoms with Gasteiger partial charge in [0, 0.05) is 12.3 Å². The largest absolute Gasteiger partial charge is 0.506 e. The summed E-state index contributed by atoms with van der Waals surface area (Å²) in [5, 5.41) is 23.1. The molecule has 3 N–H and O–H groups in total. The van der Waals surface area contributed by atoms with Crippen LogP contribution in [0.4, 0.5) is 5.69 Å². The molecular weight excluding hydrogens is 244 g/mol. The van der Waals surface area contributed by atoms with Crippen molar-refractivity contribution < 1.29 is 9.90 Å². The summed E-state index contributed by atoms with van der Waals surface area (Å²) in [7, 11) is 0. The lowest BCUT2D eigenvalue weighted by molar-refractivity contribution is -0.120. The molecular formula is C13H14N4O2. The van der Waals surface area contributed by atoms with Gasteiger partial charge in [-0.15, -0.1) is 0 Å². The minimum absolute atomic E-state index is 0.0776. The van der Waals surface area contributed by atoms with Crippen LogP contribution in [-0.2, 0) is 17.6 Å². The van der Waals surface area contributed by atoms with E-state index in [0.717, 1.165) is 24.2 Å². The van der Waals surface area contributed by atoms with E-state index in [4.69, 9.17) is 0 Å². The third-order valence-corrected chi connectivity index (χ3v) is 3.41. The number of rotatable bonds is 2. The van der Waals surface area contributed by atoms with E-state index in [1.54, 1.807) is 24.3 Å². The van der Waals surface area contributed by atoms with Crippen LogP contribution in [0.3, 0.4) is 0 Å². The summed E-state index contributed by atoms with van der Waals surface area (Å²) < 4.78 is 0. The highest BCUT2D eigenvalue weighted by molar-refractivity contribution is 5.94. The van der Waals surface area contributed by atoms with Gasteiger partial charge in [0.1, 0.15) is 5.75 Å². The monoisotopic (exact) mass is 258 g/mol. The van der Waals surface area contributed by atoms with Gasteiger partial charge in [-0.3, -0.25) is 4.79 Å². The smallest absolute Gasteiger partial charge is 0.227 e. The van der Waals surface area contributed by atoms with E-state index in [2.05, 4.69) is 20.7 Å². The van der Waals surface area contributed by atoms with Crippen molar-refractivity contribution in [2.75, 3.05) is 5.32 Å². The number of hydrogen-bond donors (Lipinski definition) is 3. The molecule has 1 aromatic carbocycles. The van der Waals surface area contributed by atoms with Crippen molar-refractivity contribution in [3.63, 3.8) is 0 Å². The van der Waals surface area contributed by atoms with Gasteiger partial charge < -0.3 is 10.4 Å². The van der Waals surface area contributed by atoms with Crippen molar-refractivity contribution in [1.82, 2.24) is 15.4 Å². The Balaban J connectivity index is 1.71. The summed E-state index contributed by atoms with van der Waals surface area (Å²) in [6, 6.07) is 6.71. The second-order valence-corrected chi connectivity index (χ2v) is 4.66. The molecule has 1 heterocycles. The number of amides is 1. The molecule has 1 amide bonds. The van der Waals surface area contributed by atoms with Crippen LogP contribution in [0.5, 0.6) is 5.75 Å². The molecule has 1 aromatic heterocycles. The van der Waals surface area contributed by atoms with Gasteiger partial charge in [-0.1, -0.05) is 12.1 Å². The molecule has 6 heteroatoms. The molecule has 6 nitrogen and oxygen atoms in total. The summed E-state index contributed by atoms with van der Waals surface area (Å²) >= 11 is 0. The van der Waals surface area contributed by atoms with Gasteiger partial charge in [0.2, 0.25) is 5.91 Å². The molecule has 3 rings (SSSR count). The third kappa shape index (κ3) is 2.29. The minimum Gasteiger partial charge on any atom is -0.506 e. The predicted octanol–water partition coefficient (Wildman–Crippen LogP) is 1.25. The standard InChI is InChI=1S/C13H14N4O2/c18-12-4-2-1-3-10(12)14-13(19)8-5-6-9-11(7-8)16-17-15-9/h1-4,8,18H,5-7H2,(H,14,19)(H,15,16,17). The average molecular weight is 258 g/mol. The number of para-hydroxylation sites is 2. The molecule has 1 aliphatic carbocycles. The van der Waals surface area contributed by atoms with Crippen LogP contribution < -0.4 is 5.32 Å². The zero-order valence-corrected chi connectivity index (χ0v) is 10.3. The van der Waals surface area contributed by atoms with Gasteiger partial charge in [-0.25, -0.2) is 0 Å². The first kappa shape index (κ1) is 11.7. The fourth-order valence-electron chi connectivity index (χ4n) is 2.32. The van der Waals surface area contributed by atoms with E-state index in [1.807, 2.05) is 0 Å². The van der Waals surface area contributed by atoms with Gasteiger partial charge in [0.25, 0.3) is 0 Å². The first-order chi connectivity index (χ1) is 9.24. The number of H-pyrrole nitrogens is 1. The number of carbonyl (C=O) groups is 1. The van der Waals surface area contributed by atoms with Gasteiger partial charge in [-0.05, 0) is 25.0 Å². The summed E-state index contributed by atoms with van der Waals surface area (Å²) in [5.74, 6) is -0.138. The number of aromatic amines is 1. The molecule has 98 valence electrons. The molecule has 1 atom stereocenters. The molecule has 2 aromatic rings. The lowest BCUT2D eigenvalue weighted by atomic mass is 9.89. The van der Waals surface area contributed by atoms with Crippen molar-refractivity contribution >= 4 is 11.6 Å². The maximum atomic E-state index is 12.2. The molecule has 1 aliphatic rings. The number of hydrogen-bond acceptors (Lipinski definition) is 4. The van der Waals surface area contributed by atoms with Crippen LogP contribution >= 0.6 is 0 Å². The molecule has 19 heavy (non-hydrogen) atoms. The van der Waals surface area contributed by atoms with E-state index in [1.165, 1.54) is 0 Å². The van der Waals surface area contributed by atoms with Crippen molar-refractivity contribution in [2.45, 2.75) is 19.3 Å². The zero-order valence-electron chi connectivity index (χ0n) is 10.3. The van der Waals surface area contributed by atoms with Crippen LogP contribution in [0.25, 0.3) is 0 Å². The topological polar surface area (TPSA) is 90.9 Å². The Morgan fingerprint density at radius 3 is 2.95 bits per heavy atom. The van der Waals surface area contributed by atoms with Crippen LogP contribution in [0.1, 0.15) is 17.8 Å². The molecule has 0 fully saturated rings. The van der Waals surface area contributed by atoms with E-state index in [-0.39, 0.29) is 17.6 Å². The second-order valence-electron chi connectivity index (χ2n) is 4.66. The highest BCUT2D eigenvalue weighted by Gasteiger charge is 2.27. The number of aromatic hydroxyl groups is 1. The molecule has 0 radical (unpaired) electrons. The van der Waals surface area contributed by atoms with Gasteiger partial charge in [0.15, 0.2) is 0 Å². The van der Waals surface area contributed by atoms with Crippen molar-refractivity contribution in [3.05, 3.63) is 35.7 Å². The lowest BCUT2D eigenvalue weighted by Crippen LogP contribution is -2.28. The second kappa shape index (κ2) is 4.72. The number of aromatic nitrogens is 3. The molecule has 0 aliphatic heterocycles. The fourth-order valence-corrected chi connectivity index (χ4v) is 2.32. The highest BCUT2D eigenvalue weighted by atomic mass is 16.3. The summed E-state index contributed by atoms with van der Waals surface area (Å²) in [5.41, 5.74) is 2.26. The lowest BCUT2D eigenvalue weighted by Gasteiger charge is -2.19. The van der Waals surface area contributed by atoms with E-state index in [9.17, 15) is 9.90 Å². The van der Waals surface area contributed by atoms with Crippen LogP contribution in [-0.4, -0.2) is 26.4 Å². The van der Waals surface area contributed by atoms with E-state index < -0.39 is 0 Å². The van der Waals surface area contributed by atoms with E-state index >= 15 is 0 Å². The van der Waals surface area contributed by atoms with Crippen molar-refractivity contribution in [2.24, 2.45) is 5.92 Å². The molecule has 0 saturated heterocycles. The summed E-state index contributed by atoms with van der Waals surface area (Å²) in [4.78, 5) is 12.2. The number of fused-ring (bicyclic) bond motifs is 1.